The summed E-state index contributed by atoms with van der Waals surface area (Å²) in [6.45, 7) is 2.77. The van der Waals surface area contributed by atoms with Crippen molar-refractivity contribution >= 4 is 23.2 Å². The van der Waals surface area contributed by atoms with E-state index in [2.05, 4.69) is 39.6 Å². The van der Waals surface area contributed by atoms with E-state index in [1.165, 1.54) is 30.4 Å². The number of hydrogen-bond acceptors (Lipinski definition) is 3. The fraction of sp³-hybridized carbons (Fsp3) is 0.412. The molecular formula is C17H19Cl2N3. The number of rotatable bonds is 4. The maximum Gasteiger partial charge on any atom is 0.224 e. The molecule has 1 heterocycles. The zero-order valence-electron chi connectivity index (χ0n) is 12.6. The monoisotopic (exact) mass is 335 g/mol. The Morgan fingerprint density at radius 2 is 2.05 bits per heavy atom. The smallest absolute Gasteiger partial charge is 0.224 e. The molecule has 116 valence electrons. The highest BCUT2D eigenvalue weighted by molar-refractivity contribution is 6.32. The normalized spacial score (nSPS) is 17.3. The van der Waals surface area contributed by atoms with Crippen LogP contribution in [0.5, 0.6) is 0 Å². The first-order valence-corrected chi connectivity index (χ1v) is 8.40. The Morgan fingerprint density at radius 1 is 1.23 bits per heavy atom. The van der Waals surface area contributed by atoms with Crippen molar-refractivity contribution in [1.29, 1.82) is 0 Å². The van der Waals surface area contributed by atoms with Crippen molar-refractivity contribution < 1.29 is 0 Å². The van der Waals surface area contributed by atoms with Gasteiger partial charge in [0, 0.05) is 17.3 Å². The molecule has 1 aliphatic carbocycles. The van der Waals surface area contributed by atoms with Crippen molar-refractivity contribution in [2.24, 2.45) is 0 Å². The number of nitrogens with one attached hydrogen (secondary N) is 1. The summed E-state index contributed by atoms with van der Waals surface area (Å²) in [6.07, 6.45) is 4.41. The van der Waals surface area contributed by atoms with Crippen LogP contribution in [0, 0.1) is 6.92 Å². The van der Waals surface area contributed by atoms with Crippen molar-refractivity contribution in [2.75, 3.05) is 6.54 Å². The average molecular weight is 336 g/mol. The lowest BCUT2D eigenvalue weighted by molar-refractivity contribution is 0.462. The van der Waals surface area contributed by atoms with Crippen LogP contribution in [-0.2, 0) is 12.8 Å². The van der Waals surface area contributed by atoms with Gasteiger partial charge in [-0.3, -0.25) is 0 Å². The Kier molecular flexibility index (Phi) is 4.97. The van der Waals surface area contributed by atoms with Crippen LogP contribution in [0.2, 0.25) is 10.4 Å². The molecular weight excluding hydrogens is 317 g/mol. The number of halogens is 2. The minimum atomic E-state index is 0.209. The highest BCUT2D eigenvalue weighted by Crippen LogP contribution is 2.29. The van der Waals surface area contributed by atoms with E-state index in [0.717, 1.165) is 24.2 Å². The predicted octanol–water partition coefficient (Wildman–Crippen LogP) is 4.30. The number of benzene rings is 1. The Morgan fingerprint density at radius 3 is 2.86 bits per heavy atom. The van der Waals surface area contributed by atoms with Crippen LogP contribution >= 0.6 is 23.2 Å². The average Bonchev–Trinajstić information content (AvgIpc) is 2.50. The maximum atomic E-state index is 6.17. The van der Waals surface area contributed by atoms with Gasteiger partial charge < -0.3 is 5.32 Å². The summed E-state index contributed by atoms with van der Waals surface area (Å²) in [5.41, 5.74) is 4.73. The Bertz CT molecular complexity index is 650. The molecule has 22 heavy (non-hydrogen) atoms. The third-order valence-corrected chi connectivity index (χ3v) is 4.75. The summed E-state index contributed by atoms with van der Waals surface area (Å²) in [6, 6.07) is 9.13. The van der Waals surface area contributed by atoms with Crippen LogP contribution in [-0.4, -0.2) is 16.5 Å². The molecule has 0 fully saturated rings. The van der Waals surface area contributed by atoms with Crippen molar-refractivity contribution in [1.82, 2.24) is 15.3 Å². The predicted molar refractivity (Wildman–Crippen MR) is 90.6 cm³/mol. The molecule has 2 aromatic rings. The van der Waals surface area contributed by atoms with Crippen LogP contribution in [0.4, 0.5) is 0 Å². The van der Waals surface area contributed by atoms with E-state index in [-0.39, 0.29) is 5.28 Å². The number of hydrogen-bond donors (Lipinski definition) is 1. The van der Waals surface area contributed by atoms with Crippen molar-refractivity contribution in [3.63, 3.8) is 0 Å². The quantitative estimate of drug-likeness (QED) is 0.668. The van der Waals surface area contributed by atoms with Crippen LogP contribution < -0.4 is 5.32 Å². The zero-order valence-corrected chi connectivity index (χ0v) is 14.1. The number of nitrogens with zero attached hydrogens (tertiary/aromatic N) is 2. The summed E-state index contributed by atoms with van der Waals surface area (Å²) in [5, 5.41) is 4.32. The number of aromatic nitrogens is 2. The van der Waals surface area contributed by atoms with Crippen LogP contribution in [0.1, 0.15) is 41.3 Å². The largest absolute Gasteiger partial charge is 0.310 e. The molecule has 3 rings (SSSR count). The number of fused-ring (bicyclic) bond motifs is 1. The second kappa shape index (κ2) is 6.95. The Balaban J connectivity index is 1.65. The molecule has 0 aliphatic heterocycles. The lowest BCUT2D eigenvalue weighted by Gasteiger charge is -2.26. The molecule has 1 aromatic carbocycles. The van der Waals surface area contributed by atoms with E-state index < -0.39 is 0 Å². The number of aryl methyl sites for hydroxylation is 2. The minimum Gasteiger partial charge on any atom is -0.310 e. The zero-order chi connectivity index (χ0) is 15.5. The molecule has 1 aliphatic rings. The third kappa shape index (κ3) is 3.43. The van der Waals surface area contributed by atoms with Gasteiger partial charge in [-0.15, -0.1) is 0 Å². The molecule has 0 saturated carbocycles. The van der Waals surface area contributed by atoms with Crippen molar-refractivity contribution in [3.05, 3.63) is 57.1 Å². The van der Waals surface area contributed by atoms with Gasteiger partial charge in [0.05, 0.1) is 0 Å². The van der Waals surface area contributed by atoms with Gasteiger partial charge in [0.1, 0.15) is 5.15 Å². The topological polar surface area (TPSA) is 37.8 Å². The fourth-order valence-corrected chi connectivity index (χ4v) is 3.72. The first-order chi connectivity index (χ1) is 10.6. The molecule has 1 N–H and O–H groups in total. The van der Waals surface area contributed by atoms with E-state index in [9.17, 15) is 0 Å². The van der Waals surface area contributed by atoms with E-state index in [4.69, 9.17) is 23.2 Å². The molecule has 0 saturated heterocycles. The standard InChI is InChI=1S/C17H19Cl2N3/c1-11-13(16(18)22-17(19)21-11)9-10-20-15-8-4-6-12-5-2-3-7-14(12)15/h2-3,5,7,15,20H,4,6,8-10H2,1H3. The summed E-state index contributed by atoms with van der Waals surface area (Å²) in [5.74, 6) is 0. The molecule has 5 heteroatoms. The molecule has 0 bridgehead atoms. The molecule has 1 unspecified atom stereocenters. The van der Waals surface area contributed by atoms with Gasteiger partial charge in [0.2, 0.25) is 5.28 Å². The highest BCUT2D eigenvalue weighted by atomic mass is 35.5. The second-order valence-electron chi connectivity index (χ2n) is 5.70. The van der Waals surface area contributed by atoms with E-state index >= 15 is 0 Å². The highest BCUT2D eigenvalue weighted by Gasteiger charge is 2.19. The van der Waals surface area contributed by atoms with Crippen molar-refractivity contribution in [2.45, 2.75) is 38.6 Å². The summed E-state index contributed by atoms with van der Waals surface area (Å²) >= 11 is 12.0. The van der Waals surface area contributed by atoms with E-state index in [1.54, 1.807) is 0 Å². The molecule has 0 radical (unpaired) electrons. The summed E-state index contributed by atoms with van der Waals surface area (Å²) in [7, 11) is 0. The molecule has 1 atom stereocenters. The van der Waals surface area contributed by atoms with Gasteiger partial charge in [-0.05, 0) is 61.9 Å². The van der Waals surface area contributed by atoms with Crippen LogP contribution in [0.15, 0.2) is 24.3 Å². The lowest BCUT2D eigenvalue weighted by atomic mass is 9.87. The van der Waals surface area contributed by atoms with Gasteiger partial charge >= 0.3 is 0 Å². The molecule has 1 aromatic heterocycles. The summed E-state index contributed by atoms with van der Waals surface area (Å²) < 4.78 is 0. The summed E-state index contributed by atoms with van der Waals surface area (Å²) in [4.78, 5) is 8.21. The van der Waals surface area contributed by atoms with E-state index in [0.29, 0.717) is 11.2 Å². The molecule has 0 amide bonds. The van der Waals surface area contributed by atoms with E-state index in [1.807, 2.05) is 6.92 Å². The Labute approximate surface area is 141 Å². The Hall–Kier alpha value is -1.16. The first-order valence-electron chi connectivity index (χ1n) is 7.65. The van der Waals surface area contributed by atoms with Crippen LogP contribution in [0.3, 0.4) is 0 Å². The molecule has 0 spiro atoms. The fourth-order valence-electron chi connectivity index (χ4n) is 3.15. The minimum absolute atomic E-state index is 0.209. The van der Waals surface area contributed by atoms with Gasteiger partial charge in [-0.2, -0.15) is 0 Å². The lowest BCUT2D eigenvalue weighted by Crippen LogP contribution is -2.27. The molecule has 3 nitrogen and oxygen atoms in total. The first kappa shape index (κ1) is 15.7. The van der Waals surface area contributed by atoms with Gasteiger partial charge in [0.25, 0.3) is 0 Å². The third-order valence-electron chi connectivity index (χ3n) is 4.27. The van der Waals surface area contributed by atoms with Crippen molar-refractivity contribution in [3.8, 4) is 0 Å². The van der Waals surface area contributed by atoms with Gasteiger partial charge in [-0.25, -0.2) is 9.97 Å². The SMILES string of the molecule is Cc1nc(Cl)nc(Cl)c1CCNC1CCCc2ccccc21. The van der Waals surface area contributed by atoms with Crippen LogP contribution in [0.25, 0.3) is 0 Å². The van der Waals surface area contributed by atoms with Gasteiger partial charge in [0.15, 0.2) is 0 Å². The van der Waals surface area contributed by atoms with Gasteiger partial charge in [-0.1, -0.05) is 35.9 Å². The maximum absolute atomic E-state index is 6.17. The second-order valence-corrected chi connectivity index (χ2v) is 6.39.